The van der Waals surface area contributed by atoms with Gasteiger partial charge in [0.25, 0.3) is 0 Å². The van der Waals surface area contributed by atoms with Crippen LogP contribution in [0.2, 0.25) is 0 Å². The molecule has 4 aliphatic carbocycles. The SMILES string of the molecule is CC(C)CCC[C@@H](C)[C@H]1CC[C@H]2[C@@H]3CC=C4C[C@@H](C(CCCCCC(=O)O)CCC(=O)O)CC(=O)[C@]4(C)[C@H]3CC[C@]12C. The van der Waals surface area contributed by atoms with Gasteiger partial charge in [-0.05, 0) is 111 Å². The minimum absolute atomic E-state index is 0.142. The third-order valence-corrected chi connectivity index (χ3v) is 13.1. The Labute approximate surface area is 255 Å². The van der Waals surface area contributed by atoms with E-state index in [9.17, 15) is 19.5 Å². The second-order valence-electron chi connectivity index (χ2n) is 15.9. The van der Waals surface area contributed by atoms with E-state index >= 15 is 0 Å². The lowest BCUT2D eigenvalue weighted by Gasteiger charge is -2.58. The number of carboxylic acids is 2. The molecule has 0 radical (unpaired) electrons. The molecule has 0 amide bonds. The zero-order valence-corrected chi connectivity index (χ0v) is 27.3. The normalized spacial score (nSPS) is 35.6. The molecule has 3 fully saturated rings. The molecule has 9 atom stereocenters. The summed E-state index contributed by atoms with van der Waals surface area (Å²) in [6, 6.07) is 0. The van der Waals surface area contributed by atoms with Crippen molar-refractivity contribution in [1.29, 1.82) is 0 Å². The molecule has 4 aliphatic rings. The van der Waals surface area contributed by atoms with Gasteiger partial charge in [-0.1, -0.05) is 77.9 Å². The van der Waals surface area contributed by atoms with Crippen molar-refractivity contribution in [2.75, 3.05) is 0 Å². The fourth-order valence-corrected chi connectivity index (χ4v) is 10.7. The molecule has 2 N–H and O–H groups in total. The number of unbranched alkanes of at least 4 members (excludes halogenated alkanes) is 2. The van der Waals surface area contributed by atoms with Crippen LogP contribution < -0.4 is 0 Å². The highest BCUT2D eigenvalue weighted by atomic mass is 16.4. The predicted octanol–water partition coefficient (Wildman–Crippen LogP) is 9.34. The first-order valence-corrected chi connectivity index (χ1v) is 17.5. The van der Waals surface area contributed by atoms with Crippen molar-refractivity contribution in [2.24, 2.45) is 58.2 Å². The maximum absolute atomic E-state index is 14.2. The third kappa shape index (κ3) is 7.01. The molecule has 0 saturated heterocycles. The average Bonchev–Trinajstić information content (AvgIpc) is 3.27. The number of fused-ring (bicyclic) bond motifs is 5. The first kappa shape index (κ1) is 33.2. The van der Waals surface area contributed by atoms with Crippen molar-refractivity contribution in [2.45, 2.75) is 144 Å². The number of Topliss-reactive ketones (excluding diaryl/α,β-unsaturated/α-hetero) is 1. The summed E-state index contributed by atoms with van der Waals surface area (Å²) in [5, 5.41) is 18.4. The van der Waals surface area contributed by atoms with Gasteiger partial charge in [0, 0.05) is 19.3 Å². The van der Waals surface area contributed by atoms with Gasteiger partial charge in [0.2, 0.25) is 0 Å². The van der Waals surface area contributed by atoms with E-state index < -0.39 is 11.9 Å². The maximum Gasteiger partial charge on any atom is 0.303 e. The monoisotopic (exact) mass is 584 g/mol. The van der Waals surface area contributed by atoms with Gasteiger partial charge in [-0.2, -0.15) is 0 Å². The van der Waals surface area contributed by atoms with Crippen molar-refractivity contribution in [3.05, 3.63) is 11.6 Å². The molecular weight excluding hydrogens is 524 g/mol. The zero-order valence-electron chi connectivity index (χ0n) is 27.3. The molecular formula is C37H60O5. The molecule has 0 aromatic carbocycles. The summed E-state index contributed by atoms with van der Waals surface area (Å²) in [5.41, 5.74) is 1.42. The second-order valence-corrected chi connectivity index (χ2v) is 15.9. The van der Waals surface area contributed by atoms with Crippen molar-refractivity contribution < 1.29 is 24.6 Å². The fourth-order valence-electron chi connectivity index (χ4n) is 10.7. The number of ketones is 1. The molecule has 0 aromatic rings. The lowest BCUT2D eigenvalue weighted by Crippen LogP contribution is -2.54. The molecule has 4 rings (SSSR count). The van der Waals surface area contributed by atoms with Crippen molar-refractivity contribution >= 4 is 17.7 Å². The fraction of sp³-hybridized carbons (Fsp3) is 0.865. The largest absolute Gasteiger partial charge is 0.481 e. The number of hydrogen-bond donors (Lipinski definition) is 2. The zero-order chi connectivity index (χ0) is 30.7. The number of rotatable bonds is 15. The summed E-state index contributed by atoms with van der Waals surface area (Å²) < 4.78 is 0. The topological polar surface area (TPSA) is 91.7 Å². The van der Waals surface area contributed by atoms with Crippen molar-refractivity contribution in [3.63, 3.8) is 0 Å². The summed E-state index contributed by atoms with van der Waals surface area (Å²) in [4.78, 5) is 36.6. The average molecular weight is 585 g/mol. The van der Waals surface area contributed by atoms with E-state index in [1.54, 1.807) is 0 Å². The highest BCUT2D eigenvalue weighted by Gasteiger charge is 2.61. The van der Waals surface area contributed by atoms with Gasteiger partial charge in [0.1, 0.15) is 5.78 Å². The molecule has 238 valence electrons. The molecule has 0 aliphatic heterocycles. The van der Waals surface area contributed by atoms with Crippen molar-refractivity contribution in [3.8, 4) is 0 Å². The lowest BCUT2D eigenvalue weighted by atomic mass is 9.46. The van der Waals surface area contributed by atoms with Gasteiger partial charge in [0.05, 0.1) is 5.41 Å². The molecule has 42 heavy (non-hydrogen) atoms. The van der Waals surface area contributed by atoms with E-state index in [2.05, 4.69) is 40.7 Å². The summed E-state index contributed by atoms with van der Waals surface area (Å²) in [6.45, 7) is 12.1. The minimum Gasteiger partial charge on any atom is -0.481 e. The number of allylic oxidation sites excluding steroid dienone is 2. The Kier molecular flexibility index (Phi) is 11.1. The molecule has 1 unspecified atom stereocenters. The Morgan fingerprint density at radius 2 is 1.60 bits per heavy atom. The first-order chi connectivity index (χ1) is 19.9. The highest BCUT2D eigenvalue weighted by Crippen LogP contribution is 2.67. The Morgan fingerprint density at radius 1 is 0.857 bits per heavy atom. The molecule has 3 saturated carbocycles. The standard InChI is InChI=1S/C37H60O5/c1-24(2)10-9-11-25(3)30-17-18-31-29-16-15-28-22-27(23-33(38)37(28,5)32(29)20-21-36(30,31)4)26(14-19-35(41)42)12-7-6-8-13-34(39)40/h15,24-27,29-32H,6-14,16-23H2,1-5H3,(H,39,40)(H,41,42)/t25-,26?,27-,29+,30-,31+,32+,36-,37+/m1/s1. The molecule has 5 heteroatoms. The molecule has 0 bridgehead atoms. The summed E-state index contributed by atoms with van der Waals surface area (Å²) in [7, 11) is 0. The van der Waals surface area contributed by atoms with E-state index in [0.29, 0.717) is 42.3 Å². The molecule has 0 spiro atoms. The smallest absolute Gasteiger partial charge is 0.303 e. The number of hydrogen-bond acceptors (Lipinski definition) is 3. The maximum atomic E-state index is 14.2. The van der Waals surface area contributed by atoms with E-state index in [4.69, 9.17) is 5.11 Å². The van der Waals surface area contributed by atoms with E-state index in [1.807, 2.05) is 0 Å². The van der Waals surface area contributed by atoms with Crippen LogP contribution in [0.4, 0.5) is 0 Å². The Balaban J connectivity index is 1.45. The van der Waals surface area contributed by atoms with Gasteiger partial charge in [0.15, 0.2) is 0 Å². The van der Waals surface area contributed by atoms with E-state index in [1.165, 1.54) is 50.5 Å². The quantitative estimate of drug-likeness (QED) is 0.148. The predicted molar refractivity (Wildman–Crippen MR) is 168 cm³/mol. The Bertz CT molecular complexity index is 998. The van der Waals surface area contributed by atoms with Crippen molar-refractivity contribution in [1.82, 2.24) is 0 Å². The summed E-state index contributed by atoms with van der Waals surface area (Å²) >= 11 is 0. The molecule has 5 nitrogen and oxygen atoms in total. The van der Waals surface area contributed by atoms with Gasteiger partial charge >= 0.3 is 11.9 Å². The van der Waals surface area contributed by atoms with Crippen LogP contribution >= 0.6 is 0 Å². The molecule has 0 aromatic heterocycles. The third-order valence-electron chi connectivity index (χ3n) is 13.1. The van der Waals surface area contributed by atoms with E-state index in [0.717, 1.165) is 55.8 Å². The van der Waals surface area contributed by atoms with Gasteiger partial charge in [-0.15, -0.1) is 0 Å². The van der Waals surface area contributed by atoms with Crippen LogP contribution in [0.5, 0.6) is 0 Å². The number of aliphatic carboxylic acids is 2. The number of carboxylic acid groups (broad SMARTS) is 2. The highest BCUT2D eigenvalue weighted by molar-refractivity contribution is 5.89. The van der Waals surface area contributed by atoms with Crippen LogP contribution in [-0.4, -0.2) is 27.9 Å². The summed E-state index contributed by atoms with van der Waals surface area (Å²) in [6.07, 6.45) is 18.5. The number of carbonyl (C=O) groups excluding carboxylic acids is 1. The van der Waals surface area contributed by atoms with Crippen LogP contribution in [-0.2, 0) is 14.4 Å². The Morgan fingerprint density at radius 3 is 2.29 bits per heavy atom. The summed E-state index contributed by atoms with van der Waals surface area (Å²) in [5.74, 6) is 3.47. The second kappa shape index (κ2) is 14.0. The van der Waals surface area contributed by atoms with E-state index in [-0.39, 0.29) is 30.1 Å². The van der Waals surface area contributed by atoms with Crippen LogP contribution in [0.15, 0.2) is 11.6 Å². The minimum atomic E-state index is -0.771. The van der Waals surface area contributed by atoms with Crippen LogP contribution in [0.1, 0.15) is 144 Å². The van der Waals surface area contributed by atoms with Crippen LogP contribution in [0.25, 0.3) is 0 Å². The van der Waals surface area contributed by atoms with Crippen LogP contribution in [0.3, 0.4) is 0 Å². The van der Waals surface area contributed by atoms with Gasteiger partial charge in [-0.25, -0.2) is 0 Å². The number of carbonyl (C=O) groups is 3. The van der Waals surface area contributed by atoms with Gasteiger partial charge in [-0.3, -0.25) is 14.4 Å². The molecule has 0 heterocycles. The first-order valence-electron chi connectivity index (χ1n) is 17.5. The lowest BCUT2D eigenvalue weighted by molar-refractivity contribution is -0.140. The van der Waals surface area contributed by atoms with Crippen LogP contribution in [0, 0.1) is 58.2 Å². The van der Waals surface area contributed by atoms with Gasteiger partial charge < -0.3 is 10.2 Å². The Hall–Kier alpha value is -1.65.